The van der Waals surface area contributed by atoms with Gasteiger partial charge in [0.25, 0.3) is 5.91 Å². The van der Waals surface area contributed by atoms with Crippen LogP contribution in [0.5, 0.6) is 5.75 Å². The molecule has 8 heteroatoms. The van der Waals surface area contributed by atoms with Gasteiger partial charge in [-0.25, -0.2) is 9.18 Å². The smallest absolute Gasteiger partial charge is 0.344 e. The summed E-state index contributed by atoms with van der Waals surface area (Å²) < 4.78 is 22.9. The molecule has 2 aromatic rings. The van der Waals surface area contributed by atoms with E-state index in [0.29, 0.717) is 15.6 Å². The van der Waals surface area contributed by atoms with Crippen molar-refractivity contribution in [1.82, 2.24) is 5.32 Å². The Morgan fingerprint density at radius 1 is 1.15 bits per heavy atom. The summed E-state index contributed by atoms with van der Waals surface area (Å²) in [6, 6.07) is 9.89. The van der Waals surface area contributed by atoms with Crippen molar-refractivity contribution >= 4 is 35.1 Å². The van der Waals surface area contributed by atoms with E-state index in [-0.39, 0.29) is 5.75 Å². The molecule has 0 unspecified atom stereocenters. The Balaban J connectivity index is 1.76. The molecule has 0 fully saturated rings. The van der Waals surface area contributed by atoms with Gasteiger partial charge in [0.15, 0.2) is 13.2 Å². The fraction of sp³-hybridized carbons (Fsp3) is 0.222. The van der Waals surface area contributed by atoms with Crippen LogP contribution in [0.4, 0.5) is 4.39 Å². The topological polar surface area (TPSA) is 64.6 Å². The molecule has 0 saturated carbocycles. The minimum atomic E-state index is -0.749. The molecule has 0 heterocycles. The third kappa shape index (κ3) is 6.20. The first kappa shape index (κ1) is 20.0. The molecule has 0 aliphatic rings. The summed E-state index contributed by atoms with van der Waals surface area (Å²) >= 11 is 11.9. The summed E-state index contributed by atoms with van der Waals surface area (Å²) in [6.07, 6.45) is 0. The number of hydrogen-bond acceptors (Lipinski definition) is 4. The van der Waals surface area contributed by atoms with Crippen LogP contribution >= 0.6 is 23.2 Å². The third-order valence-electron chi connectivity index (χ3n) is 3.32. The lowest BCUT2D eigenvalue weighted by molar-refractivity contribution is -0.150. The number of benzene rings is 2. The zero-order valence-electron chi connectivity index (χ0n) is 13.8. The molecule has 0 aromatic heterocycles. The number of rotatable bonds is 7. The Kier molecular flexibility index (Phi) is 7.24. The molecule has 0 spiro atoms. The predicted molar refractivity (Wildman–Crippen MR) is 95.9 cm³/mol. The van der Waals surface area contributed by atoms with E-state index in [4.69, 9.17) is 32.7 Å². The van der Waals surface area contributed by atoms with E-state index in [0.717, 1.165) is 6.07 Å². The molecule has 0 aliphatic heterocycles. The van der Waals surface area contributed by atoms with Gasteiger partial charge in [-0.15, -0.1) is 0 Å². The van der Waals surface area contributed by atoms with Crippen LogP contribution in [0.1, 0.15) is 18.5 Å². The molecule has 2 aromatic carbocycles. The van der Waals surface area contributed by atoms with Gasteiger partial charge in [-0.2, -0.15) is 0 Å². The summed E-state index contributed by atoms with van der Waals surface area (Å²) in [5.74, 6) is -1.54. The van der Waals surface area contributed by atoms with Crippen LogP contribution in [0.15, 0.2) is 42.5 Å². The summed E-state index contributed by atoms with van der Waals surface area (Å²) in [5, 5.41) is 3.57. The Labute approximate surface area is 160 Å². The van der Waals surface area contributed by atoms with Crippen LogP contribution in [-0.2, 0) is 14.3 Å². The average molecular weight is 400 g/mol. The molecule has 0 radical (unpaired) electrons. The highest BCUT2D eigenvalue weighted by Gasteiger charge is 2.15. The quantitative estimate of drug-likeness (QED) is 0.716. The lowest BCUT2D eigenvalue weighted by atomic mass is 10.1. The van der Waals surface area contributed by atoms with Gasteiger partial charge in [0, 0.05) is 16.1 Å². The van der Waals surface area contributed by atoms with Crippen molar-refractivity contribution < 1.29 is 23.5 Å². The van der Waals surface area contributed by atoms with Crippen molar-refractivity contribution in [3.63, 3.8) is 0 Å². The van der Waals surface area contributed by atoms with Gasteiger partial charge in [0.05, 0.1) is 6.04 Å². The van der Waals surface area contributed by atoms with Crippen LogP contribution < -0.4 is 10.1 Å². The number of ether oxygens (including phenoxy) is 2. The molecule has 1 N–H and O–H groups in total. The average Bonchev–Trinajstić information content (AvgIpc) is 2.58. The second-order valence-electron chi connectivity index (χ2n) is 5.36. The van der Waals surface area contributed by atoms with E-state index >= 15 is 0 Å². The predicted octanol–water partition coefficient (Wildman–Crippen LogP) is 3.93. The molecule has 2 rings (SSSR count). The van der Waals surface area contributed by atoms with Crippen molar-refractivity contribution in [2.45, 2.75) is 13.0 Å². The van der Waals surface area contributed by atoms with Gasteiger partial charge >= 0.3 is 5.97 Å². The molecule has 5 nitrogen and oxygen atoms in total. The molecule has 0 bridgehead atoms. The van der Waals surface area contributed by atoms with E-state index in [2.05, 4.69) is 5.32 Å². The largest absolute Gasteiger partial charge is 0.482 e. The van der Waals surface area contributed by atoms with Crippen LogP contribution in [0.2, 0.25) is 10.0 Å². The van der Waals surface area contributed by atoms with Crippen LogP contribution in [0.25, 0.3) is 0 Å². The monoisotopic (exact) mass is 399 g/mol. The minimum absolute atomic E-state index is 0.192. The van der Waals surface area contributed by atoms with E-state index in [9.17, 15) is 14.0 Å². The molecule has 0 aliphatic carbocycles. The summed E-state index contributed by atoms with van der Waals surface area (Å²) in [6.45, 7) is 0.831. The molecule has 138 valence electrons. The van der Waals surface area contributed by atoms with Gasteiger partial charge in [-0.3, -0.25) is 4.79 Å². The van der Waals surface area contributed by atoms with Crippen molar-refractivity contribution in [3.05, 3.63) is 63.9 Å². The van der Waals surface area contributed by atoms with Crippen molar-refractivity contribution in [1.29, 1.82) is 0 Å². The van der Waals surface area contributed by atoms with E-state index in [1.165, 1.54) is 18.2 Å². The summed E-state index contributed by atoms with van der Waals surface area (Å²) in [5.41, 5.74) is 0.685. The summed E-state index contributed by atoms with van der Waals surface area (Å²) in [7, 11) is 0. The maximum absolute atomic E-state index is 13.0. The zero-order chi connectivity index (χ0) is 19.1. The van der Waals surface area contributed by atoms with Gasteiger partial charge < -0.3 is 14.8 Å². The van der Waals surface area contributed by atoms with Crippen molar-refractivity contribution in [2.75, 3.05) is 13.2 Å². The number of nitrogens with one attached hydrogen (secondary N) is 1. The lowest BCUT2D eigenvalue weighted by Crippen LogP contribution is -2.32. The van der Waals surface area contributed by atoms with Gasteiger partial charge in [0.1, 0.15) is 11.6 Å². The third-order valence-corrected chi connectivity index (χ3v) is 3.89. The Morgan fingerprint density at radius 2 is 1.92 bits per heavy atom. The Morgan fingerprint density at radius 3 is 2.62 bits per heavy atom. The SMILES string of the molecule is C[C@@H](NC(=O)COC(=O)COc1cccc(F)c1)c1ccc(Cl)cc1Cl. The fourth-order valence-corrected chi connectivity index (χ4v) is 2.67. The highest BCUT2D eigenvalue weighted by molar-refractivity contribution is 6.35. The number of amides is 1. The first-order valence-corrected chi connectivity index (χ1v) is 8.39. The standard InChI is InChI=1S/C18H16Cl2FNO4/c1-11(15-6-5-12(19)7-16(15)20)22-17(23)9-26-18(24)10-25-14-4-2-3-13(21)8-14/h2-8,11H,9-10H2,1H3,(H,22,23)/t11-/m1/s1. The number of carbonyl (C=O) groups excluding carboxylic acids is 2. The maximum atomic E-state index is 13.0. The van der Waals surface area contributed by atoms with E-state index in [1.807, 2.05) is 0 Å². The van der Waals surface area contributed by atoms with Crippen molar-refractivity contribution in [3.8, 4) is 5.75 Å². The van der Waals surface area contributed by atoms with E-state index in [1.54, 1.807) is 25.1 Å². The molecule has 1 atom stereocenters. The fourth-order valence-electron chi connectivity index (χ4n) is 2.10. The number of carbonyl (C=O) groups is 2. The van der Waals surface area contributed by atoms with Crippen LogP contribution in [-0.4, -0.2) is 25.1 Å². The van der Waals surface area contributed by atoms with Crippen LogP contribution in [0, 0.1) is 5.82 Å². The first-order chi connectivity index (χ1) is 12.3. The van der Waals surface area contributed by atoms with E-state index < -0.39 is 36.9 Å². The number of halogens is 3. The maximum Gasteiger partial charge on any atom is 0.344 e. The highest BCUT2D eigenvalue weighted by atomic mass is 35.5. The second kappa shape index (κ2) is 9.40. The minimum Gasteiger partial charge on any atom is -0.482 e. The first-order valence-electron chi connectivity index (χ1n) is 7.63. The second-order valence-corrected chi connectivity index (χ2v) is 6.21. The molecular formula is C18H16Cl2FNO4. The summed E-state index contributed by atoms with van der Waals surface area (Å²) in [4.78, 5) is 23.5. The molecule has 26 heavy (non-hydrogen) atoms. The van der Waals surface area contributed by atoms with Crippen LogP contribution in [0.3, 0.4) is 0 Å². The molecule has 0 saturated heterocycles. The number of esters is 1. The normalized spacial score (nSPS) is 11.5. The lowest BCUT2D eigenvalue weighted by Gasteiger charge is -2.16. The molecule has 1 amide bonds. The van der Waals surface area contributed by atoms with Crippen molar-refractivity contribution in [2.24, 2.45) is 0 Å². The molecular weight excluding hydrogens is 384 g/mol. The number of hydrogen-bond donors (Lipinski definition) is 1. The van der Waals surface area contributed by atoms with Gasteiger partial charge in [0.2, 0.25) is 0 Å². The van der Waals surface area contributed by atoms with Gasteiger partial charge in [-0.05, 0) is 36.8 Å². The Hall–Kier alpha value is -2.31. The highest BCUT2D eigenvalue weighted by Crippen LogP contribution is 2.25. The Bertz CT molecular complexity index is 801. The zero-order valence-corrected chi connectivity index (χ0v) is 15.3. The van der Waals surface area contributed by atoms with Gasteiger partial charge in [-0.1, -0.05) is 35.3 Å².